The Kier molecular flexibility index (Phi) is 3.08. The Balaban J connectivity index is 3.06. The minimum atomic E-state index is -1.30. The number of carbonyl (C=O) groups excluding carboxylic acids is 2. The molecule has 0 saturated carbocycles. The van der Waals surface area contributed by atoms with Crippen LogP contribution in [0.4, 0.5) is 0 Å². The van der Waals surface area contributed by atoms with Crippen molar-refractivity contribution >= 4 is 11.9 Å². The summed E-state index contributed by atoms with van der Waals surface area (Å²) in [7, 11) is 1.26. The highest BCUT2D eigenvalue weighted by Crippen LogP contribution is 2.12. The molecule has 0 aliphatic carbocycles. The van der Waals surface area contributed by atoms with Crippen LogP contribution in [-0.4, -0.2) is 28.8 Å². The molecule has 1 aromatic heterocycles. The molecule has 1 unspecified atom stereocenters. The summed E-state index contributed by atoms with van der Waals surface area (Å²) in [5.74, 6) is -0.917. The van der Waals surface area contributed by atoms with Gasteiger partial charge in [0.15, 0.2) is 0 Å². The smallest absolute Gasteiger partial charge is 0.354 e. The summed E-state index contributed by atoms with van der Waals surface area (Å²) >= 11 is 0. The van der Waals surface area contributed by atoms with Crippen molar-refractivity contribution in [2.75, 3.05) is 7.11 Å². The lowest BCUT2D eigenvalue weighted by molar-refractivity contribution is -0.155. The molecule has 6 heteroatoms. The van der Waals surface area contributed by atoms with Crippen molar-refractivity contribution in [2.24, 2.45) is 0 Å². The van der Waals surface area contributed by atoms with E-state index in [1.54, 1.807) is 12.3 Å². The lowest BCUT2D eigenvalue weighted by atomic mass is 10.2. The molecule has 1 heterocycles. The van der Waals surface area contributed by atoms with Gasteiger partial charge in [0.2, 0.25) is 11.6 Å². The highest BCUT2D eigenvalue weighted by molar-refractivity contribution is 5.84. The second-order valence-corrected chi connectivity index (χ2v) is 3.20. The van der Waals surface area contributed by atoms with Crippen LogP contribution in [0.15, 0.2) is 18.5 Å². The molecule has 1 aromatic rings. The number of carbonyl (C=O) groups is 2. The van der Waals surface area contributed by atoms with Crippen molar-refractivity contribution in [1.29, 1.82) is 0 Å². The minimum Gasteiger partial charge on any atom is -0.466 e. The van der Waals surface area contributed by atoms with Crippen LogP contribution in [0.3, 0.4) is 0 Å². The van der Waals surface area contributed by atoms with Crippen molar-refractivity contribution in [3.8, 4) is 0 Å². The van der Waals surface area contributed by atoms with Crippen molar-refractivity contribution in [3.05, 3.63) is 18.5 Å². The number of aromatic nitrogens is 2. The standard InChI is InChI=1S/C9H13N3O3/c1-7(13)11-9(2,8(14)15-3)12-6-4-5-10-12/h4-6H,1-3H3,(H,11,13). The number of hydrogen-bond donors (Lipinski definition) is 1. The first kappa shape index (κ1) is 11.2. The maximum absolute atomic E-state index is 11.6. The zero-order valence-electron chi connectivity index (χ0n) is 8.85. The molecular weight excluding hydrogens is 198 g/mol. The number of rotatable bonds is 3. The molecule has 1 amide bonds. The van der Waals surface area contributed by atoms with Crippen molar-refractivity contribution in [3.63, 3.8) is 0 Å². The van der Waals surface area contributed by atoms with Gasteiger partial charge in [0.05, 0.1) is 7.11 Å². The van der Waals surface area contributed by atoms with Gasteiger partial charge in [-0.2, -0.15) is 5.10 Å². The van der Waals surface area contributed by atoms with Gasteiger partial charge in [0.1, 0.15) is 0 Å². The Morgan fingerprint density at radius 1 is 1.53 bits per heavy atom. The molecule has 0 aliphatic rings. The van der Waals surface area contributed by atoms with Crippen LogP contribution >= 0.6 is 0 Å². The van der Waals surface area contributed by atoms with E-state index in [9.17, 15) is 9.59 Å². The first-order valence-corrected chi connectivity index (χ1v) is 4.38. The van der Waals surface area contributed by atoms with Crippen molar-refractivity contribution in [2.45, 2.75) is 19.5 Å². The number of methoxy groups -OCH3 is 1. The van der Waals surface area contributed by atoms with E-state index in [1.165, 1.54) is 31.8 Å². The Morgan fingerprint density at radius 2 is 2.20 bits per heavy atom. The molecule has 82 valence electrons. The summed E-state index contributed by atoms with van der Waals surface area (Å²) in [4.78, 5) is 22.6. The summed E-state index contributed by atoms with van der Waals surface area (Å²) in [6.07, 6.45) is 3.09. The zero-order valence-corrected chi connectivity index (χ0v) is 8.85. The number of amides is 1. The van der Waals surface area contributed by atoms with Gasteiger partial charge in [-0.3, -0.25) is 4.79 Å². The summed E-state index contributed by atoms with van der Waals surface area (Å²) < 4.78 is 5.96. The van der Waals surface area contributed by atoms with Crippen LogP contribution in [0.5, 0.6) is 0 Å². The number of ether oxygens (including phenoxy) is 1. The number of hydrogen-bond acceptors (Lipinski definition) is 4. The molecule has 0 aromatic carbocycles. The maximum atomic E-state index is 11.6. The third kappa shape index (κ3) is 2.15. The van der Waals surface area contributed by atoms with Crippen LogP contribution in [0, 0.1) is 0 Å². The van der Waals surface area contributed by atoms with Gasteiger partial charge in [-0.15, -0.1) is 0 Å². The fourth-order valence-corrected chi connectivity index (χ4v) is 1.28. The van der Waals surface area contributed by atoms with Gasteiger partial charge in [0.25, 0.3) is 0 Å². The summed E-state index contributed by atoms with van der Waals surface area (Å²) in [6.45, 7) is 2.85. The largest absolute Gasteiger partial charge is 0.466 e. The van der Waals surface area contributed by atoms with Gasteiger partial charge in [-0.1, -0.05) is 0 Å². The summed E-state index contributed by atoms with van der Waals surface area (Å²) in [5, 5.41) is 6.41. The second kappa shape index (κ2) is 4.12. The SMILES string of the molecule is COC(=O)C(C)(NC(C)=O)n1cccn1. The molecule has 1 rings (SSSR count). The number of esters is 1. The van der Waals surface area contributed by atoms with Gasteiger partial charge in [-0.25, -0.2) is 9.48 Å². The van der Waals surface area contributed by atoms with Crippen LogP contribution in [-0.2, 0) is 20.0 Å². The van der Waals surface area contributed by atoms with E-state index in [-0.39, 0.29) is 5.91 Å². The van der Waals surface area contributed by atoms with Gasteiger partial charge >= 0.3 is 5.97 Å². The molecule has 1 atom stereocenters. The molecule has 0 fully saturated rings. The van der Waals surface area contributed by atoms with Crippen LogP contribution in [0.2, 0.25) is 0 Å². The fourth-order valence-electron chi connectivity index (χ4n) is 1.28. The van der Waals surface area contributed by atoms with E-state index in [0.717, 1.165) is 0 Å². The average Bonchev–Trinajstić information content (AvgIpc) is 2.68. The average molecular weight is 211 g/mol. The lowest BCUT2D eigenvalue weighted by Crippen LogP contribution is -2.54. The monoisotopic (exact) mass is 211 g/mol. The first-order chi connectivity index (χ1) is 7.00. The Hall–Kier alpha value is -1.85. The Bertz CT molecular complexity index is 361. The molecule has 0 spiro atoms. The van der Waals surface area contributed by atoms with Crippen LogP contribution < -0.4 is 5.32 Å². The highest BCUT2D eigenvalue weighted by atomic mass is 16.5. The van der Waals surface area contributed by atoms with E-state index in [2.05, 4.69) is 15.2 Å². The quantitative estimate of drug-likeness (QED) is 0.706. The van der Waals surface area contributed by atoms with E-state index in [4.69, 9.17) is 0 Å². The third-order valence-electron chi connectivity index (χ3n) is 1.96. The highest BCUT2D eigenvalue weighted by Gasteiger charge is 2.37. The van der Waals surface area contributed by atoms with E-state index in [1.807, 2.05) is 0 Å². The van der Waals surface area contributed by atoms with Gasteiger partial charge < -0.3 is 10.1 Å². The van der Waals surface area contributed by atoms with Gasteiger partial charge in [0, 0.05) is 19.3 Å². The molecule has 1 N–H and O–H groups in total. The topological polar surface area (TPSA) is 73.2 Å². The number of nitrogens with one attached hydrogen (secondary N) is 1. The van der Waals surface area contributed by atoms with Crippen molar-refractivity contribution in [1.82, 2.24) is 15.1 Å². The van der Waals surface area contributed by atoms with Crippen molar-refractivity contribution < 1.29 is 14.3 Å². The predicted octanol–water partition coefficient (Wildman–Crippen LogP) is -0.135. The molecular formula is C9H13N3O3. The van der Waals surface area contributed by atoms with E-state index >= 15 is 0 Å². The normalized spacial score (nSPS) is 14.1. The summed E-state index contributed by atoms with van der Waals surface area (Å²) in [5.41, 5.74) is -1.30. The number of nitrogens with zero attached hydrogens (tertiary/aromatic N) is 2. The Morgan fingerprint density at radius 3 is 2.60 bits per heavy atom. The third-order valence-corrected chi connectivity index (χ3v) is 1.96. The van der Waals surface area contributed by atoms with Crippen LogP contribution in [0.1, 0.15) is 13.8 Å². The first-order valence-electron chi connectivity index (χ1n) is 4.38. The van der Waals surface area contributed by atoms with Crippen LogP contribution in [0.25, 0.3) is 0 Å². The summed E-state index contributed by atoms with van der Waals surface area (Å²) in [6, 6.07) is 1.66. The maximum Gasteiger partial charge on any atom is 0.354 e. The lowest BCUT2D eigenvalue weighted by Gasteiger charge is -2.27. The predicted molar refractivity (Wildman–Crippen MR) is 51.7 cm³/mol. The Labute approximate surface area is 87.2 Å². The molecule has 0 aliphatic heterocycles. The second-order valence-electron chi connectivity index (χ2n) is 3.20. The zero-order chi connectivity index (χ0) is 11.5. The minimum absolute atomic E-state index is 0.335. The van der Waals surface area contributed by atoms with E-state index < -0.39 is 11.6 Å². The molecule has 0 saturated heterocycles. The van der Waals surface area contributed by atoms with Gasteiger partial charge in [-0.05, 0) is 13.0 Å². The molecule has 0 radical (unpaired) electrons. The fraction of sp³-hybridized carbons (Fsp3) is 0.444. The van der Waals surface area contributed by atoms with E-state index in [0.29, 0.717) is 0 Å². The molecule has 15 heavy (non-hydrogen) atoms. The molecule has 0 bridgehead atoms. The molecule has 6 nitrogen and oxygen atoms in total.